The summed E-state index contributed by atoms with van der Waals surface area (Å²) in [6, 6.07) is 0. The minimum absolute atomic E-state index is 0.119. The van der Waals surface area contributed by atoms with Crippen LogP contribution in [0.4, 0.5) is 0 Å². The molecule has 5 nitrogen and oxygen atoms in total. The molecule has 23 heavy (non-hydrogen) atoms. The molecule has 0 spiro atoms. The Kier molecular flexibility index (Phi) is 10.5. The van der Waals surface area contributed by atoms with Gasteiger partial charge in [0, 0.05) is 6.42 Å². The van der Waals surface area contributed by atoms with E-state index in [4.69, 9.17) is 19.6 Å². The van der Waals surface area contributed by atoms with E-state index in [0.29, 0.717) is 24.7 Å². The van der Waals surface area contributed by atoms with E-state index in [1.165, 1.54) is 0 Å². The molecule has 0 aliphatic rings. The predicted octanol–water partition coefficient (Wildman–Crippen LogP) is 4.63. The van der Waals surface area contributed by atoms with Gasteiger partial charge in [-0.2, -0.15) is 9.78 Å². The first kappa shape index (κ1) is 22.8. The largest absolute Gasteiger partial charge is 0.391 e. The van der Waals surface area contributed by atoms with E-state index in [1.807, 2.05) is 13.8 Å². The molecule has 0 bridgehead atoms. The van der Waals surface area contributed by atoms with Crippen LogP contribution in [0, 0.1) is 11.8 Å². The highest BCUT2D eigenvalue weighted by Gasteiger charge is 2.34. The van der Waals surface area contributed by atoms with Crippen molar-refractivity contribution in [1.29, 1.82) is 0 Å². The quantitative estimate of drug-likeness (QED) is 0.302. The van der Waals surface area contributed by atoms with Gasteiger partial charge in [-0.15, -0.1) is 0 Å². The van der Waals surface area contributed by atoms with Gasteiger partial charge in [0.2, 0.25) is 5.79 Å². The Morgan fingerprint density at radius 2 is 1.52 bits per heavy atom. The highest BCUT2D eigenvalue weighted by molar-refractivity contribution is 4.67. The second-order valence-electron chi connectivity index (χ2n) is 8.06. The van der Waals surface area contributed by atoms with Crippen molar-refractivity contribution in [3.8, 4) is 0 Å². The van der Waals surface area contributed by atoms with Crippen LogP contribution < -0.4 is 0 Å². The zero-order valence-electron chi connectivity index (χ0n) is 16.3. The van der Waals surface area contributed by atoms with Gasteiger partial charge in [-0.05, 0) is 45.4 Å². The number of aliphatic hydroxyl groups excluding tert-OH is 1. The fourth-order valence-corrected chi connectivity index (χ4v) is 2.52. The van der Waals surface area contributed by atoms with Crippen LogP contribution in [0.3, 0.4) is 0 Å². The van der Waals surface area contributed by atoms with Gasteiger partial charge in [0.15, 0.2) is 0 Å². The number of hydrogen-bond donors (Lipinski definition) is 1. The van der Waals surface area contributed by atoms with Crippen molar-refractivity contribution in [2.75, 3.05) is 6.61 Å². The van der Waals surface area contributed by atoms with Crippen LogP contribution in [-0.2, 0) is 19.6 Å². The first-order chi connectivity index (χ1) is 10.5. The third-order valence-electron chi connectivity index (χ3n) is 3.31. The summed E-state index contributed by atoms with van der Waals surface area (Å²) in [5, 5.41) is 9.85. The van der Waals surface area contributed by atoms with Crippen LogP contribution in [0.25, 0.3) is 0 Å². The fraction of sp³-hybridized carbons (Fsp3) is 1.00. The third-order valence-corrected chi connectivity index (χ3v) is 3.31. The molecule has 2 atom stereocenters. The van der Waals surface area contributed by atoms with Gasteiger partial charge in [0.05, 0.1) is 11.7 Å². The molecule has 0 aromatic carbocycles. The molecule has 0 rings (SSSR count). The maximum Gasteiger partial charge on any atom is 0.231 e. The van der Waals surface area contributed by atoms with Crippen LogP contribution in [0.5, 0.6) is 0 Å². The van der Waals surface area contributed by atoms with Gasteiger partial charge in [-0.3, -0.25) is 0 Å². The summed E-state index contributed by atoms with van der Waals surface area (Å²) in [5.41, 5.74) is -0.381. The van der Waals surface area contributed by atoms with Crippen LogP contribution in [0.2, 0.25) is 0 Å². The second kappa shape index (κ2) is 10.6. The molecule has 0 aliphatic carbocycles. The molecule has 5 heteroatoms. The zero-order chi connectivity index (χ0) is 18.1. The van der Waals surface area contributed by atoms with Gasteiger partial charge in [0.1, 0.15) is 6.61 Å². The minimum atomic E-state index is -1.00. The Morgan fingerprint density at radius 3 is 2.00 bits per heavy atom. The molecule has 140 valence electrons. The summed E-state index contributed by atoms with van der Waals surface area (Å²) < 4.78 is 0. The van der Waals surface area contributed by atoms with Crippen molar-refractivity contribution in [2.24, 2.45) is 11.8 Å². The van der Waals surface area contributed by atoms with E-state index >= 15 is 0 Å². The summed E-state index contributed by atoms with van der Waals surface area (Å²) in [5.74, 6) is -0.247. The van der Waals surface area contributed by atoms with Gasteiger partial charge < -0.3 is 5.11 Å². The summed E-state index contributed by atoms with van der Waals surface area (Å²) in [4.78, 5) is 21.9. The lowest BCUT2D eigenvalue weighted by Crippen LogP contribution is -2.39. The van der Waals surface area contributed by atoms with E-state index in [-0.39, 0.29) is 12.2 Å². The standard InChI is InChI=1S/C18H38O5/c1-9-10-17(6,7)21-23-18(8,12-15(4)5)22-20-13-16(19)11-14(2)3/h14-16,19H,9-13H2,1-8H3. The SMILES string of the molecule is CCCC(C)(C)OOC(C)(CC(C)C)OOCC(O)CC(C)C. The molecule has 0 aromatic heterocycles. The Balaban J connectivity index is 4.47. The summed E-state index contributed by atoms with van der Waals surface area (Å²) in [6.07, 6.45) is 2.64. The van der Waals surface area contributed by atoms with Crippen molar-refractivity contribution < 1.29 is 24.7 Å². The van der Waals surface area contributed by atoms with Gasteiger partial charge in [0.25, 0.3) is 0 Å². The highest BCUT2D eigenvalue weighted by atomic mass is 17.3. The molecule has 0 radical (unpaired) electrons. The fourth-order valence-electron chi connectivity index (χ4n) is 2.52. The topological polar surface area (TPSA) is 57.2 Å². The maximum absolute atomic E-state index is 9.85. The van der Waals surface area contributed by atoms with Crippen molar-refractivity contribution in [3.63, 3.8) is 0 Å². The van der Waals surface area contributed by atoms with E-state index < -0.39 is 11.9 Å². The van der Waals surface area contributed by atoms with Crippen LogP contribution in [0.15, 0.2) is 0 Å². The molecule has 0 heterocycles. The minimum Gasteiger partial charge on any atom is -0.391 e. The van der Waals surface area contributed by atoms with Gasteiger partial charge in [-0.25, -0.2) is 9.78 Å². The Hall–Kier alpha value is -0.200. The molecule has 1 N–H and O–H groups in total. The average Bonchev–Trinajstić information content (AvgIpc) is 2.35. The lowest BCUT2D eigenvalue weighted by Gasteiger charge is -2.33. The molecule has 0 aliphatic heterocycles. The summed E-state index contributed by atoms with van der Waals surface area (Å²) in [7, 11) is 0. The van der Waals surface area contributed by atoms with Crippen molar-refractivity contribution in [1.82, 2.24) is 0 Å². The molecule has 0 amide bonds. The normalized spacial score (nSPS) is 16.8. The highest BCUT2D eigenvalue weighted by Crippen LogP contribution is 2.27. The predicted molar refractivity (Wildman–Crippen MR) is 91.5 cm³/mol. The van der Waals surface area contributed by atoms with Crippen LogP contribution in [-0.4, -0.2) is 29.2 Å². The smallest absolute Gasteiger partial charge is 0.231 e. The van der Waals surface area contributed by atoms with Gasteiger partial charge >= 0.3 is 0 Å². The Morgan fingerprint density at radius 1 is 0.913 bits per heavy atom. The van der Waals surface area contributed by atoms with E-state index in [9.17, 15) is 5.11 Å². The monoisotopic (exact) mass is 334 g/mol. The zero-order valence-corrected chi connectivity index (χ0v) is 16.3. The third kappa shape index (κ3) is 11.9. The molecular weight excluding hydrogens is 296 g/mol. The van der Waals surface area contributed by atoms with Crippen molar-refractivity contribution in [3.05, 3.63) is 0 Å². The molecule has 0 saturated heterocycles. The van der Waals surface area contributed by atoms with Crippen LogP contribution in [0.1, 0.15) is 81.1 Å². The molecule has 2 unspecified atom stereocenters. The lowest BCUT2D eigenvalue weighted by molar-refractivity contribution is -0.528. The Labute approximate surface area is 142 Å². The first-order valence-corrected chi connectivity index (χ1v) is 8.85. The lowest BCUT2D eigenvalue weighted by atomic mass is 10.0. The van der Waals surface area contributed by atoms with Crippen molar-refractivity contribution >= 4 is 0 Å². The van der Waals surface area contributed by atoms with E-state index in [2.05, 4.69) is 34.6 Å². The van der Waals surface area contributed by atoms with Crippen molar-refractivity contribution in [2.45, 2.75) is 98.6 Å². The summed E-state index contributed by atoms with van der Waals surface area (Å²) in [6.45, 7) is 16.3. The average molecular weight is 334 g/mol. The van der Waals surface area contributed by atoms with Crippen LogP contribution >= 0.6 is 0 Å². The summed E-state index contributed by atoms with van der Waals surface area (Å²) >= 11 is 0. The second-order valence-corrected chi connectivity index (χ2v) is 8.06. The van der Waals surface area contributed by atoms with E-state index in [1.54, 1.807) is 6.92 Å². The molecule has 0 aromatic rings. The number of hydrogen-bond acceptors (Lipinski definition) is 5. The first-order valence-electron chi connectivity index (χ1n) is 8.85. The molecular formula is C18H38O5. The maximum atomic E-state index is 9.85. The Bertz CT molecular complexity index is 304. The number of rotatable bonds is 13. The van der Waals surface area contributed by atoms with Gasteiger partial charge in [-0.1, -0.05) is 41.0 Å². The molecule has 0 fully saturated rings. The number of aliphatic hydroxyl groups is 1. The van der Waals surface area contributed by atoms with E-state index in [0.717, 1.165) is 12.8 Å². The molecule has 0 saturated carbocycles.